The number of hydrogen-bond acceptors (Lipinski definition) is 3. The summed E-state index contributed by atoms with van der Waals surface area (Å²) >= 11 is 0. The molecule has 0 aliphatic rings. The van der Waals surface area contributed by atoms with E-state index >= 15 is 0 Å². The molecule has 1 aromatic heterocycles. The maximum absolute atomic E-state index is 5.50. The second kappa shape index (κ2) is 3.58. The zero-order chi connectivity index (χ0) is 6.85. The summed E-state index contributed by atoms with van der Waals surface area (Å²) < 4.78 is 4.80. The summed E-state index contributed by atoms with van der Waals surface area (Å²) in [6.45, 7) is 3.72. The normalized spacial score (nSPS) is 12.3. The fraction of sp³-hybridized carbons (Fsp3) is 0.500. The molecule has 0 spiro atoms. The lowest BCUT2D eigenvalue weighted by atomic mass is 10.2. The van der Waals surface area contributed by atoms with E-state index in [2.05, 4.69) is 5.16 Å². The van der Waals surface area contributed by atoms with Gasteiger partial charge in [-0.1, -0.05) is 5.16 Å². The summed E-state index contributed by atoms with van der Waals surface area (Å²) in [7, 11) is 0. The highest BCUT2D eigenvalue weighted by molar-refractivity contribution is 5.85. The number of halogens is 1. The lowest BCUT2D eigenvalue weighted by Crippen LogP contribution is -2.04. The summed E-state index contributed by atoms with van der Waals surface area (Å²) in [5.74, 6) is 0.808. The van der Waals surface area contributed by atoms with Crippen LogP contribution in [-0.2, 0) is 0 Å². The van der Waals surface area contributed by atoms with E-state index in [0.717, 1.165) is 11.5 Å². The molecular weight excluding hydrogens is 152 g/mol. The SMILES string of the molecule is Cc1cc([C@H](C)N)no1.Cl. The Labute approximate surface area is 66.0 Å². The third kappa shape index (κ3) is 2.01. The van der Waals surface area contributed by atoms with Gasteiger partial charge in [0.1, 0.15) is 11.5 Å². The first kappa shape index (κ1) is 9.46. The molecule has 0 saturated heterocycles. The number of nitrogens with two attached hydrogens (primary N) is 1. The standard InChI is InChI=1S/C6H10N2O.ClH/c1-4-3-6(5(2)7)8-9-4;/h3,5H,7H2,1-2H3;1H/t5-;/m0./s1. The van der Waals surface area contributed by atoms with Crippen molar-refractivity contribution >= 4 is 12.4 Å². The summed E-state index contributed by atoms with van der Waals surface area (Å²) in [6.07, 6.45) is 0. The van der Waals surface area contributed by atoms with Gasteiger partial charge in [-0.2, -0.15) is 0 Å². The van der Waals surface area contributed by atoms with E-state index in [-0.39, 0.29) is 18.4 Å². The Balaban J connectivity index is 0.000000810. The first-order chi connectivity index (χ1) is 4.20. The average molecular weight is 163 g/mol. The first-order valence-electron chi connectivity index (χ1n) is 2.89. The molecule has 1 heterocycles. The van der Waals surface area contributed by atoms with Gasteiger partial charge in [0, 0.05) is 12.1 Å². The predicted octanol–water partition coefficient (Wildman–Crippen LogP) is 1.42. The zero-order valence-electron chi connectivity index (χ0n) is 6.00. The Morgan fingerprint density at radius 1 is 1.70 bits per heavy atom. The van der Waals surface area contributed by atoms with Crippen LogP contribution in [0.3, 0.4) is 0 Å². The van der Waals surface area contributed by atoms with E-state index in [9.17, 15) is 0 Å². The molecule has 2 N–H and O–H groups in total. The molecule has 58 valence electrons. The Bertz CT molecular complexity index is 197. The van der Waals surface area contributed by atoms with Crippen molar-refractivity contribution in [3.05, 3.63) is 17.5 Å². The largest absolute Gasteiger partial charge is 0.361 e. The highest BCUT2D eigenvalue weighted by Gasteiger charge is 2.02. The maximum atomic E-state index is 5.50. The molecule has 0 amide bonds. The minimum atomic E-state index is -0.0255. The molecule has 4 heteroatoms. The number of aryl methyl sites for hydroxylation is 1. The third-order valence-corrected chi connectivity index (χ3v) is 1.11. The van der Waals surface area contributed by atoms with Crippen molar-refractivity contribution in [1.29, 1.82) is 0 Å². The Morgan fingerprint density at radius 3 is 2.50 bits per heavy atom. The van der Waals surface area contributed by atoms with Crippen LogP contribution in [0.2, 0.25) is 0 Å². The Kier molecular flexibility index (Phi) is 3.39. The van der Waals surface area contributed by atoms with Crippen LogP contribution in [0.1, 0.15) is 24.4 Å². The Morgan fingerprint density at radius 2 is 2.30 bits per heavy atom. The van der Waals surface area contributed by atoms with Crippen LogP contribution >= 0.6 is 12.4 Å². The predicted molar refractivity (Wildman–Crippen MR) is 41.1 cm³/mol. The van der Waals surface area contributed by atoms with Crippen LogP contribution in [0.15, 0.2) is 10.6 Å². The molecule has 0 aliphatic carbocycles. The molecule has 0 unspecified atom stereocenters. The van der Waals surface area contributed by atoms with Crippen LogP contribution in [0, 0.1) is 6.92 Å². The molecular formula is C6H11ClN2O. The summed E-state index contributed by atoms with van der Waals surface area (Å²) in [5.41, 5.74) is 6.32. The van der Waals surface area contributed by atoms with Gasteiger partial charge in [-0.25, -0.2) is 0 Å². The van der Waals surface area contributed by atoms with Crippen LogP contribution in [0.5, 0.6) is 0 Å². The fourth-order valence-electron chi connectivity index (χ4n) is 0.600. The van der Waals surface area contributed by atoms with Crippen molar-refractivity contribution < 1.29 is 4.52 Å². The second-order valence-electron chi connectivity index (χ2n) is 2.15. The monoisotopic (exact) mass is 162 g/mol. The highest BCUT2D eigenvalue weighted by Crippen LogP contribution is 2.07. The molecule has 1 atom stereocenters. The van der Waals surface area contributed by atoms with Crippen molar-refractivity contribution in [2.45, 2.75) is 19.9 Å². The van der Waals surface area contributed by atoms with Crippen LogP contribution in [-0.4, -0.2) is 5.16 Å². The van der Waals surface area contributed by atoms with E-state index in [4.69, 9.17) is 10.3 Å². The topological polar surface area (TPSA) is 52.0 Å². The molecule has 0 radical (unpaired) electrons. The van der Waals surface area contributed by atoms with E-state index in [1.54, 1.807) is 0 Å². The third-order valence-electron chi connectivity index (χ3n) is 1.11. The van der Waals surface area contributed by atoms with Crippen molar-refractivity contribution in [3.63, 3.8) is 0 Å². The summed E-state index contributed by atoms with van der Waals surface area (Å²) in [4.78, 5) is 0. The van der Waals surface area contributed by atoms with Crippen molar-refractivity contribution in [2.24, 2.45) is 5.73 Å². The fourth-order valence-corrected chi connectivity index (χ4v) is 0.600. The quantitative estimate of drug-likeness (QED) is 0.680. The minimum absolute atomic E-state index is 0. The number of hydrogen-bond donors (Lipinski definition) is 1. The number of rotatable bonds is 1. The lowest BCUT2D eigenvalue weighted by Gasteiger charge is -1.93. The lowest BCUT2D eigenvalue weighted by molar-refractivity contribution is 0.387. The van der Waals surface area contributed by atoms with Gasteiger partial charge in [0.05, 0.1) is 0 Å². The van der Waals surface area contributed by atoms with Crippen LogP contribution in [0.25, 0.3) is 0 Å². The minimum Gasteiger partial charge on any atom is -0.361 e. The van der Waals surface area contributed by atoms with Gasteiger partial charge in [0.25, 0.3) is 0 Å². The van der Waals surface area contributed by atoms with Crippen molar-refractivity contribution in [2.75, 3.05) is 0 Å². The van der Waals surface area contributed by atoms with Gasteiger partial charge in [-0.05, 0) is 13.8 Å². The second-order valence-corrected chi connectivity index (χ2v) is 2.15. The highest BCUT2D eigenvalue weighted by atomic mass is 35.5. The van der Waals surface area contributed by atoms with Crippen molar-refractivity contribution in [3.8, 4) is 0 Å². The van der Waals surface area contributed by atoms with Gasteiger partial charge in [-0.15, -0.1) is 12.4 Å². The molecule has 0 aliphatic heterocycles. The molecule has 10 heavy (non-hydrogen) atoms. The molecule has 0 fully saturated rings. The van der Waals surface area contributed by atoms with Crippen LogP contribution in [0.4, 0.5) is 0 Å². The zero-order valence-corrected chi connectivity index (χ0v) is 6.81. The van der Waals surface area contributed by atoms with E-state index in [0.29, 0.717) is 0 Å². The number of nitrogens with zero attached hydrogens (tertiary/aromatic N) is 1. The van der Waals surface area contributed by atoms with Gasteiger partial charge in [0.15, 0.2) is 0 Å². The molecule has 0 aromatic carbocycles. The van der Waals surface area contributed by atoms with Gasteiger partial charge in [0.2, 0.25) is 0 Å². The molecule has 1 aromatic rings. The maximum Gasteiger partial charge on any atom is 0.133 e. The van der Waals surface area contributed by atoms with Crippen molar-refractivity contribution in [1.82, 2.24) is 5.16 Å². The summed E-state index contributed by atoms with van der Waals surface area (Å²) in [5, 5.41) is 3.72. The summed E-state index contributed by atoms with van der Waals surface area (Å²) in [6, 6.07) is 1.81. The molecule has 3 nitrogen and oxygen atoms in total. The van der Waals surface area contributed by atoms with E-state index < -0.39 is 0 Å². The molecule has 0 saturated carbocycles. The molecule has 1 rings (SSSR count). The smallest absolute Gasteiger partial charge is 0.133 e. The van der Waals surface area contributed by atoms with Gasteiger partial charge in [-0.3, -0.25) is 0 Å². The average Bonchev–Trinajstić information content (AvgIpc) is 2.14. The van der Waals surface area contributed by atoms with Crippen LogP contribution < -0.4 is 5.73 Å². The van der Waals surface area contributed by atoms with Gasteiger partial charge < -0.3 is 10.3 Å². The Hall–Kier alpha value is -0.540. The number of aromatic nitrogens is 1. The first-order valence-corrected chi connectivity index (χ1v) is 2.89. The van der Waals surface area contributed by atoms with E-state index in [1.165, 1.54) is 0 Å². The molecule has 0 bridgehead atoms. The van der Waals surface area contributed by atoms with Gasteiger partial charge >= 0.3 is 0 Å². The van der Waals surface area contributed by atoms with E-state index in [1.807, 2.05) is 19.9 Å².